The first-order valence-electron chi connectivity index (χ1n) is 6.07. The lowest BCUT2D eigenvalue weighted by Gasteiger charge is -2.12. The predicted octanol–water partition coefficient (Wildman–Crippen LogP) is 3.66. The van der Waals surface area contributed by atoms with Crippen LogP contribution in [0.15, 0.2) is 34.9 Å². The monoisotopic (exact) mass is 249 g/mol. The van der Waals surface area contributed by atoms with Crippen molar-refractivity contribution in [1.29, 1.82) is 0 Å². The van der Waals surface area contributed by atoms with Crippen LogP contribution in [0.5, 0.6) is 0 Å². The van der Waals surface area contributed by atoms with E-state index in [9.17, 15) is 0 Å². The number of thioether (sulfide) groups is 1. The van der Waals surface area contributed by atoms with Gasteiger partial charge in [-0.05, 0) is 18.7 Å². The van der Waals surface area contributed by atoms with Gasteiger partial charge in [-0.2, -0.15) is 11.8 Å². The molecule has 0 saturated carbocycles. The average Bonchev–Trinajstić information content (AvgIpc) is 2.77. The minimum Gasteiger partial charge on any atom is -0.464 e. The van der Waals surface area contributed by atoms with Gasteiger partial charge in [0.25, 0.3) is 0 Å². The molecule has 2 nitrogen and oxygen atoms in total. The third kappa shape index (κ3) is 3.27. The van der Waals surface area contributed by atoms with Gasteiger partial charge in [0.05, 0.1) is 6.26 Å². The van der Waals surface area contributed by atoms with E-state index in [2.05, 4.69) is 31.3 Å². The largest absolute Gasteiger partial charge is 0.464 e. The average molecular weight is 249 g/mol. The molecule has 92 valence electrons. The second-order valence-corrected chi connectivity index (χ2v) is 5.52. The summed E-state index contributed by atoms with van der Waals surface area (Å²) in [5.41, 5.74) is 2.22. The summed E-state index contributed by atoms with van der Waals surface area (Å²) in [7, 11) is 0. The molecule has 0 fully saturated rings. The maximum atomic E-state index is 5.52. The molecule has 0 amide bonds. The van der Waals surface area contributed by atoms with Gasteiger partial charge in [0, 0.05) is 29.3 Å². The predicted molar refractivity (Wildman–Crippen MR) is 75.5 cm³/mol. The van der Waals surface area contributed by atoms with E-state index in [1.807, 2.05) is 30.2 Å². The molecule has 0 aliphatic carbocycles. The summed E-state index contributed by atoms with van der Waals surface area (Å²) < 4.78 is 5.52. The van der Waals surface area contributed by atoms with Crippen molar-refractivity contribution in [2.24, 2.45) is 0 Å². The number of fused-ring (bicyclic) bond motifs is 1. The van der Waals surface area contributed by atoms with Crippen LogP contribution in [0.2, 0.25) is 0 Å². The fraction of sp³-hybridized carbons (Fsp3) is 0.429. The molecule has 1 heterocycles. The van der Waals surface area contributed by atoms with Crippen molar-refractivity contribution < 1.29 is 4.42 Å². The Bertz CT molecular complexity index is 466. The first-order chi connectivity index (χ1) is 8.31. The summed E-state index contributed by atoms with van der Waals surface area (Å²) >= 11 is 1.97. The molecular formula is C14H19NOS. The van der Waals surface area contributed by atoms with E-state index < -0.39 is 0 Å². The number of para-hydroxylation sites is 1. The minimum absolute atomic E-state index is 0.536. The SMILES string of the molecule is CCSCC(C)NCc1coc2ccccc12. The Morgan fingerprint density at radius 2 is 2.18 bits per heavy atom. The van der Waals surface area contributed by atoms with E-state index in [4.69, 9.17) is 4.42 Å². The minimum atomic E-state index is 0.536. The van der Waals surface area contributed by atoms with Crippen LogP contribution in [0.25, 0.3) is 11.0 Å². The standard InChI is InChI=1S/C14H19NOS/c1-3-17-10-11(2)15-8-12-9-16-14-7-5-4-6-13(12)14/h4-7,9,11,15H,3,8,10H2,1-2H3. The Morgan fingerprint density at radius 3 is 3.00 bits per heavy atom. The third-order valence-corrected chi connectivity index (χ3v) is 3.92. The van der Waals surface area contributed by atoms with Crippen LogP contribution in [0.1, 0.15) is 19.4 Å². The summed E-state index contributed by atoms with van der Waals surface area (Å²) in [6.45, 7) is 5.30. The lowest BCUT2D eigenvalue weighted by molar-refractivity contribution is 0.577. The quantitative estimate of drug-likeness (QED) is 0.845. The zero-order valence-electron chi connectivity index (χ0n) is 10.4. The molecule has 0 spiro atoms. The van der Waals surface area contributed by atoms with Gasteiger partial charge in [-0.15, -0.1) is 0 Å². The zero-order valence-corrected chi connectivity index (χ0v) is 11.2. The molecule has 0 aliphatic rings. The fourth-order valence-corrected chi connectivity index (χ4v) is 2.51. The van der Waals surface area contributed by atoms with E-state index in [0.29, 0.717) is 6.04 Å². The number of rotatable bonds is 6. The number of nitrogens with one attached hydrogen (secondary N) is 1. The second kappa shape index (κ2) is 6.12. The van der Waals surface area contributed by atoms with Gasteiger partial charge in [0.15, 0.2) is 0 Å². The van der Waals surface area contributed by atoms with Crippen molar-refractivity contribution in [3.63, 3.8) is 0 Å². The van der Waals surface area contributed by atoms with E-state index in [-0.39, 0.29) is 0 Å². The summed E-state index contributed by atoms with van der Waals surface area (Å²) in [4.78, 5) is 0. The highest BCUT2D eigenvalue weighted by Gasteiger charge is 2.06. The molecule has 0 bridgehead atoms. The molecule has 1 aromatic carbocycles. The van der Waals surface area contributed by atoms with Crippen molar-refractivity contribution in [1.82, 2.24) is 5.32 Å². The van der Waals surface area contributed by atoms with Crippen LogP contribution >= 0.6 is 11.8 Å². The third-order valence-electron chi connectivity index (χ3n) is 2.77. The number of benzene rings is 1. The van der Waals surface area contributed by atoms with E-state index >= 15 is 0 Å². The Morgan fingerprint density at radius 1 is 1.35 bits per heavy atom. The van der Waals surface area contributed by atoms with Crippen molar-refractivity contribution in [2.75, 3.05) is 11.5 Å². The summed E-state index contributed by atoms with van der Waals surface area (Å²) in [5, 5.41) is 4.75. The molecule has 17 heavy (non-hydrogen) atoms. The summed E-state index contributed by atoms with van der Waals surface area (Å²) in [6, 6.07) is 8.71. The molecule has 2 rings (SSSR count). The lowest BCUT2D eigenvalue weighted by Crippen LogP contribution is -2.27. The van der Waals surface area contributed by atoms with Gasteiger partial charge < -0.3 is 9.73 Å². The molecule has 3 heteroatoms. The van der Waals surface area contributed by atoms with Gasteiger partial charge in [-0.1, -0.05) is 25.1 Å². The van der Waals surface area contributed by atoms with Crippen molar-refractivity contribution in [3.8, 4) is 0 Å². The highest BCUT2D eigenvalue weighted by Crippen LogP contribution is 2.20. The van der Waals surface area contributed by atoms with Gasteiger partial charge in [0.2, 0.25) is 0 Å². The van der Waals surface area contributed by atoms with E-state index in [1.165, 1.54) is 16.7 Å². The first-order valence-corrected chi connectivity index (χ1v) is 7.23. The van der Waals surface area contributed by atoms with Crippen molar-refractivity contribution in [2.45, 2.75) is 26.4 Å². The van der Waals surface area contributed by atoms with Crippen LogP contribution in [-0.4, -0.2) is 17.5 Å². The van der Waals surface area contributed by atoms with Crippen LogP contribution < -0.4 is 5.32 Å². The molecule has 0 aliphatic heterocycles. The molecule has 1 aromatic heterocycles. The Balaban J connectivity index is 1.95. The molecule has 2 aromatic rings. The number of hydrogen-bond acceptors (Lipinski definition) is 3. The first kappa shape index (κ1) is 12.5. The summed E-state index contributed by atoms with van der Waals surface area (Å²) in [6.07, 6.45) is 1.86. The molecule has 1 atom stereocenters. The fourth-order valence-electron chi connectivity index (χ4n) is 1.81. The number of furan rings is 1. The lowest BCUT2D eigenvalue weighted by atomic mass is 10.2. The Kier molecular flexibility index (Phi) is 4.51. The molecule has 1 unspecified atom stereocenters. The Hall–Kier alpha value is -0.930. The van der Waals surface area contributed by atoms with Gasteiger partial charge in [-0.25, -0.2) is 0 Å². The second-order valence-electron chi connectivity index (χ2n) is 4.20. The van der Waals surface area contributed by atoms with Crippen LogP contribution in [0.4, 0.5) is 0 Å². The van der Waals surface area contributed by atoms with Crippen molar-refractivity contribution in [3.05, 3.63) is 36.1 Å². The highest BCUT2D eigenvalue weighted by atomic mass is 32.2. The topological polar surface area (TPSA) is 25.2 Å². The van der Waals surface area contributed by atoms with Gasteiger partial charge in [0.1, 0.15) is 5.58 Å². The molecule has 0 saturated heterocycles. The molecule has 1 N–H and O–H groups in total. The van der Waals surface area contributed by atoms with E-state index in [1.54, 1.807) is 0 Å². The van der Waals surface area contributed by atoms with Gasteiger partial charge in [-0.3, -0.25) is 0 Å². The maximum Gasteiger partial charge on any atom is 0.134 e. The normalized spacial score (nSPS) is 13.1. The smallest absolute Gasteiger partial charge is 0.134 e. The van der Waals surface area contributed by atoms with Crippen LogP contribution in [-0.2, 0) is 6.54 Å². The highest BCUT2D eigenvalue weighted by molar-refractivity contribution is 7.99. The van der Waals surface area contributed by atoms with E-state index in [0.717, 1.165) is 17.9 Å². The summed E-state index contributed by atoms with van der Waals surface area (Å²) in [5.74, 6) is 2.34. The zero-order chi connectivity index (χ0) is 12.1. The number of hydrogen-bond donors (Lipinski definition) is 1. The Labute approximate surface area is 107 Å². The van der Waals surface area contributed by atoms with Crippen LogP contribution in [0.3, 0.4) is 0 Å². The van der Waals surface area contributed by atoms with Gasteiger partial charge >= 0.3 is 0 Å². The molecule has 0 radical (unpaired) electrons. The van der Waals surface area contributed by atoms with Crippen molar-refractivity contribution >= 4 is 22.7 Å². The molecular weight excluding hydrogens is 230 g/mol. The van der Waals surface area contributed by atoms with Crippen LogP contribution in [0, 0.1) is 0 Å². The maximum absolute atomic E-state index is 5.52.